The highest BCUT2D eigenvalue weighted by Gasteiger charge is 2.51. The highest BCUT2D eigenvalue weighted by atomic mass is 16.2. The molecule has 22 heavy (non-hydrogen) atoms. The number of rotatable bonds is 6. The van der Waals surface area contributed by atoms with Crippen molar-refractivity contribution in [2.45, 2.75) is 44.2 Å². The lowest BCUT2D eigenvalue weighted by Crippen LogP contribution is -2.44. The van der Waals surface area contributed by atoms with Gasteiger partial charge in [0, 0.05) is 13.1 Å². The molecule has 2 N–H and O–H groups in total. The van der Waals surface area contributed by atoms with Crippen molar-refractivity contribution in [3.63, 3.8) is 0 Å². The lowest BCUT2D eigenvalue weighted by Gasteiger charge is -2.20. The molecule has 0 bridgehead atoms. The van der Waals surface area contributed by atoms with Crippen molar-refractivity contribution in [1.82, 2.24) is 15.5 Å². The molecule has 5 heteroatoms. The molecule has 3 rings (SSSR count). The van der Waals surface area contributed by atoms with Gasteiger partial charge < -0.3 is 10.6 Å². The SMILES string of the molecule is O=C1NC2(CCCC2)C(=O)N1CCCNCc1ccccc1. The third-order valence-electron chi connectivity index (χ3n) is 4.61. The molecule has 3 amide bonds. The average Bonchev–Trinajstić information content (AvgIpc) is 3.08. The molecule has 1 aromatic rings. The first-order valence-electron chi connectivity index (χ1n) is 8.10. The quantitative estimate of drug-likeness (QED) is 0.624. The second-order valence-electron chi connectivity index (χ2n) is 6.19. The summed E-state index contributed by atoms with van der Waals surface area (Å²) in [5.74, 6) is -0.0157. The molecular weight excluding hydrogens is 278 g/mol. The van der Waals surface area contributed by atoms with Crippen LogP contribution in [0.25, 0.3) is 0 Å². The zero-order valence-corrected chi connectivity index (χ0v) is 12.8. The van der Waals surface area contributed by atoms with E-state index in [4.69, 9.17) is 0 Å². The van der Waals surface area contributed by atoms with Gasteiger partial charge in [0.2, 0.25) is 0 Å². The summed E-state index contributed by atoms with van der Waals surface area (Å²) in [6.45, 7) is 2.10. The van der Waals surface area contributed by atoms with Crippen molar-refractivity contribution in [2.24, 2.45) is 0 Å². The lowest BCUT2D eigenvalue weighted by molar-refractivity contribution is -0.131. The molecule has 0 radical (unpaired) electrons. The topological polar surface area (TPSA) is 61.4 Å². The van der Waals surface area contributed by atoms with Crippen LogP contribution in [-0.2, 0) is 11.3 Å². The fourth-order valence-electron chi connectivity index (χ4n) is 3.39. The first-order valence-corrected chi connectivity index (χ1v) is 8.10. The Bertz CT molecular complexity index is 538. The van der Waals surface area contributed by atoms with Gasteiger partial charge in [-0.15, -0.1) is 0 Å². The van der Waals surface area contributed by atoms with E-state index in [-0.39, 0.29) is 11.9 Å². The zero-order chi connectivity index (χ0) is 15.4. The Morgan fingerprint density at radius 1 is 1.14 bits per heavy atom. The van der Waals surface area contributed by atoms with E-state index in [0.717, 1.165) is 45.2 Å². The first kappa shape index (κ1) is 15.0. The molecule has 1 aliphatic carbocycles. The third kappa shape index (κ3) is 2.99. The summed E-state index contributed by atoms with van der Waals surface area (Å²) in [6.07, 6.45) is 4.42. The van der Waals surface area contributed by atoms with Crippen LogP contribution in [0.1, 0.15) is 37.7 Å². The number of nitrogens with one attached hydrogen (secondary N) is 2. The highest BCUT2D eigenvalue weighted by molar-refractivity contribution is 6.07. The Morgan fingerprint density at radius 2 is 1.86 bits per heavy atom. The van der Waals surface area contributed by atoms with Crippen molar-refractivity contribution in [3.05, 3.63) is 35.9 Å². The van der Waals surface area contributed by atoms with Crippen LogP contribution in [0.2, 0.25) is 0 Å². The summed E-state index contributed by atoms with van der Waals surface area (Å²) in [7, 11) is 0. The van der Waals surface area contributed by atoms with E-state index in [1.165, 1.54) is 10.5 Å². The molecule has 5 nitrogen and oxygen atoms in total. The molecule has 1 heterocycles. The van der Waals surface area contributed by atoms with Gasteiger partial charge in [0.1, 0.15) is 5.54 Å². The predicted octanol–water partition coefficient (Wildman–Crippen LogP) is 2.03. The molecule has 118 valence electrons. The first-order chi connectivity index (χ1) is 10.7. The number of hydrogen-bond acceptors (Lipinski definition) is 3. The van der Waals surface area contributed by atoms with E-state index >= 15 is 0 Å². The minimum Gasteiger partial charge on any atom is -0.323 e. The number of carbonyl (C=O) groups excluding carboxylic acids is 2. The van der Waals surface area contributed by atoms with Gasteiger partial charge in [-0.25, -0.2) is 4.79 Å². The summed E-state index contributed by atoms with van der Waals surface area (Å²) in [4.78, 5) is 25.9. The van der Waals surface area contributed by atoms with Crippen LogP contribution in [-0.4, -0.2) is 35.5 Å². The Kier molecular flexibility index (Phi) is 4.43. The van der Waals surface area contributed by atoms with Gasteiger partial charge in [0.25, 0.3) is 5.91 Å². The van der Waals surface area contributed by atoms with E-state index in [9.17, 15) is 9.59 Å². The Labute approximate surface area is 131 Å². The molecular formula is C17H23N3O2. The fourth-order valence-corrected chi connectivity index (χ4v) is 3.39. The molecule has 0 aromatic heterocycles. The van der Waals surface area contributed by atoms with Gasteiger partial charge in [-0.2, -0.15) is 0 Å². The molecule has 0 atom stereocenters. The van der Waals surface area contributed by atoms with Crippen molar-refractivity contribution in [1.29, 1.82) is 0 Å². The average molecular weight is 301 g/mol. The largest absolute Gasteiger partial charge is 0.325 e. The van der Waals surface area contributed by atoms with Gasteiger partial charge in [0.15, 0.2) is 0 Å². The van der Waals surface area contributed by atoms with Crippen LogP contribution in [0.4, 0.5) is 4.79 Å². The smallest absolute Gasteiger partial charge is 0.323 e. The minimum absolute atomic E-state index is 0.0157. The summed E-state index contributed by atoms with van der Waals surface area (Å²) < 4.78 is 0. The van der Waals surface area contributed by atoms with Crippen LogP contribution in [0.5, 0.6) is 0 Å². The maximum absolute atomic E-state index is 12.4. The Hall–Kier alpha value is -1.88. The van der Waals surface area contributed by atoms with Gasteiger partial charge in [-0.1, -0.05) is 43.2 Å². The van der Waals surface area contributed by atoms with E-state index in [2.05, 4.69) is 22.8 Å². The minimum atomic E-state index is -0.575. The van der Waals surface area contributed by atoms with Crippen LogP contribution < -0.4 is 10.6 Å². The van der Waals surface area contributed by atoms with Crippen LogP contribution in [0.3, 0.4) is 0 Å². The van der Waals surface area contributed by atoms with Crippen molar-refractivity contribution in [2.75, 3.05) is 13.1 Å². The van der Waals surface area contributed by atoms with Crippen molar-refractivity contribution < 1.29 is 9.59 Å². The molecule has 1 aliphatic heterocycles. The normalized spacial score (nSPS) is 19.9. The number of imide groups is 1. The number of hydrogen-bond donors (Lipinski definition) is 2. The monoisotopic (exact) mass is 301 g/mol. The number of amides is 3. The summed E-state index contributed by atoms with van der Waals surface area (Å²) in [6, 6.07) is 9.98. The van der Waals surface area contributed by atoms with Crippen LogP contribution in [0, 0.1) is 0 Å². The fraction of sp³-hybridized carbons (Fsp3) is 0.529. The second-order valence-corrected chi connectivity index (χ2v) is 6.19. The maximum atomic E-state index is 12.4. The number of benzene rings is 1. The zero-order valence-electron chi connectivity index (χ0n) is 12.8. The number of nitrogens with zero attached hydrogens (tertiary/aromatic N) is 1. The number of urea groups is 1. The summed E-state index contributed by atoms with van der Waals surface area (Å²) >= 11 is 0. The van der Waals surface area contributed by atoms with Crippen molar-refractivity contribution >= 4 is 11.9 Å². The molecule has 1 saturated carbocycles. The second kappa shape index (κ2) is 6.48. The highest BCUT2D eigenvalue weighted by Crippen LogP contribution is 2.34. The van der Waals surface area contributed by atoms with E-state index in [1.54, 1.807) is 0 Å². The summed E-state index contributed by atoms with van der Waals surface area (Å²) in [5, 5.41) is 6.26. The molecule has 2 aliphatic rings. The molecule has 1 saturated heterocycles. The molecule has 0 unspecified atom stereocenters. The van der Waals surface area contributed by atoms with Crippen molar-refractivity contribution in [3.8, 4) is 0 Å². The van der Waals surface area contributed by atoms with Crippen LogP contribution in [0.15, 0.2) is 30.3 Å². The van der Waals surface area contributed by atoms with Crippen LogP contribution >= 0.6 is 0 Å². The summed E-state index contributed by atoms with van der Waals surface area (Å²) in [5.41, 5.74) is 0.663. The Morgan fingerprint density at radius 3 is 2.59 bits per heavy atom. The predicted molar refractivity (Wildman–Crippen MR) is 84.2 cm³/mol. The maximum Gasteiger partial charge on any atom is 0.325 e. The van der Waals surface area contributed by atoms with E-state index < -0.39 is 5.54 Å². The Balaban J connectivity index is 1.42. The lowest BCUT2D eigenvalue weighted by atomic mass is 9.98. The third-order valence-corrected chi connectivity index (χ3v) is 4.61. The van der Waals surface area contributed by atoms with Gasteiger partial charge in [0.05, 0.1) is 0 Å². The van der Waals surface area contributed by atoms with Gasteiger partial charge >= 0.3 is 6.03 Å². The van der Waals surface area contributed by atoms with E-state index in [0.29, 0.717) is 6.54 Å². The molecule has 1 spiro atoms. The number of carbonyl (C=O) groups is 2. The van der Waals surface area contributed by atoms with Gasteiger partial charge in [-0.05, 0) is 31.4 Å². The molecule has 2 fully saturated rings. The van der Waals surface area contributed by atoms with Gasteiger partial charge in [-0.3, -0.25) is 9.69 Å². The molecule has 1 aromatic carbocycles. The standard InChI is InChI=1S/C17H23N3O2/c21-15-17(9-4-5-10-17)19-16(22)20(15)12-6-11-18-13-14-7-2-1-3-8-14/h1-3,7-8,18H,4-6,9-13H2,(H,19,22). The van der Waals surface area contributed by atoms with E-state index in [1.807, 2.05) is 18.2 Å².